The van der Waals surface area contributed by atoms with Crippen LogP contribution in [0.25, 0.3) is 32.9 Å². The Bertz CT molecular complexity index is 1150. The van der Waals surface area contributed by atoms with Gasteiger partial charge in [-0.15, -0.1) is 0 Å². The quantitative estimate of drug-likeness (QED) is 0.353. The maximum atomic E-state index is 2.34. The Hall–Kier alpha value is -3.07. The maximum absolute atomic E-state index is 2.34. The lowest BCUT2D eigenvalue weighted by Crippen LogP contribution is -2.31. The van der Waals surface area contributed by atoms with E-state index in [-0.39, 0.29) is 0 Å². The molecule has 0 saturated heterocycles. The molecular formula is C26H30N3+. The van der Waals surface area contributed by atoms with Crippen LogP contribution in [0.1, 0.15) is 11.1 Å². The second-order valence-corrected chi connectivity index (χ2v) is 8.39. The molecule has 0 unspecified atom stereocenters. The standard InChI is InChI=1S/C26H30N3/c1-17-9-8-10-18(2)25(17)26-21-13-11-19(27(3)4)15-23(21)29(7)24-16-20(28(5)6)12-14-22(24)26/h8-16H,1-7H3/q+1. The van der Waals surface area contributed by atoms with Crippen molar-refractivity contribution in [3.05, 3.63) is 65.7 Å². The highest BCUT2D eigenvalue weighted by Crippen LogP contribution is 2.39. The average molecular weight is 385 g/mol. The number of hydrogen-bond acceptors (Lipinski definition) is 2. The summed E-state index contributed by atoms with van der Waals surface area (Å²) in [6, 6.07) is 20.2. The van der Waals surface area contributed by atoms with E-state index in [2.05, 4.69) is 118 Å². The highest BCUT2D eigenvalue weighted by molar-refractivity contribution is 6.09. The van der Waals surface area contributed by atoms with Gasteiger partial charge < -0.3 is 9.80 Å². The molecule has 0 N–H and O–H groups in total. The SMILES string of the molecule is Cc1cccc(C)c1-c1c2ccc(N(C)C)cc2[n+](C)c2cc(N(C)C)ccc12. The summed E-state index contributed by atoms with van der Waals surface area (Å²) >= 11 is 0. The molecule has 1 aromatic heterocycles. The van der Waals surface area contributed by atoms with Crippen molar-refractivity contribution in [2.24, 2.45) is 7.05 Å². The average Bonchev–Trinajstić information content (AvgIpc) is 2.69. The van der Waals surface area contributed by atoms with Crippen molar-refractivity contribution in [3.63, 3.8) is 0 Å². The zero-order valence-electron chi connectivity index (χ0n) is 18.5. The zero-order valence-corrected chi connectivity index (χ0v) is 18.5. The number of pyridine rings is 1. The number of nitrogens with zero attached hydrogens (tertiary/aromatic N) is 3. The van der Waals surface area contributed by atoms with Crippen LogP contribution in [0.4, 0.5) is 11.4 Å². The lowest BCUT2D eigenvalue weighted by Gasteiger charge is -2.18. The molecule has 0 aliphatic rings. The molecule has 0 fully saturated rings. The van der Waals surface area contributed by atoms with Gasteiger partial charge in [0.15, 0.2) is 0 Å². The molecule has 4 aromatic rings. The number of hydrogen-bond donors (Lipinski definition) is 0. The largest absolute Gasteiger partial charge is 0.377 e. The van der Waals surface area contributed by atoms with E-state index in [0.717, 1.165) is 0 Å². The van der Waals surface area contributed by atoms with Gasteiger partial charge in [0.25, 0.3) is 0 Å². The Morgan fingerprint density at radius 1 is 0.621 bits per heavy atom. The molecule has 148 valence electrons. The first-order valence-corrected chi connectivity index (χ1v) is 10.1. The summed E-state index contributed by atoms with van der Waals surface area (Å²) < 4.78 is 2.34. The Kier molecular flexibility index (Phi) is 4.70. The Labute approximate surface area is 173 Å². The van der Waals surface area contributed by atoms with Crippen molar-refractivity contribution in [1.29, 1.82) is 0 Å². The monoisotopic (exact) mass is 384 g/mol. The van der Waals surface area contributed by atoms with Gasteiger partial charge in [0, 0.05) is 57.3 Å². The van der Waals surface area contributed by atoms with E-state index in [1.807, 2.05) is 0 Å². The molecule has 1 heterocycles. The second kappa shape index (κ2) is 7.07. The van der Waals surface area contributed by atoms with E-state index >= 15 is 0 Å². The van der Waals surface area contributed by atoms with Crippen molar-refractivity contribution in [1.82, 2.24) is 0 Å². The van der Waals surface area contributed by atoms with E-state index in [0.29, 0.717) is 0 Å². The van der Waals surface area contributed by atoms with Crippen LogP contribution in [-0.2, 0) is 7.05 Å². The van der Waals surface area contributed by atoms with Crippen LogP contribution >= 0.6 is 0 Å². The molecule has 0 aliphatic heterocycles. The third-order valence-corrected chi connectivity index (χ3v) is 5.99. The molecule has 0 saturated carbocycles. The van der Waals surface area contributed by atoms with E-state index in [4.69, 9.17) is 0 Å². The molecular weight excluding hydrogens is 354 g/mol. The normalized spacial score (nSPS) is 11.3. The summed E-state index contributed by atoms with van der Waals surface area (Å²) in [6.45, 7) is 4.44. The van der Waals surface area contributed by atoms with E-state index in [1.54, 1.807) is 0 Å². The van der Waals surface area contributed by atoms with Crippen molar-refractivity contribution < 1.29 is 4.57 Å². The van der Waals surface area contributed by atoms with Crippen LogP contribution in [0, 0.1) is 13.8 Å². The lowest BCUT2D eigenvalue weighted by atomic mass is 9.89. The first-order chi connectivity index (χ1) is 13.8. The second-order valence-electron chi connectivity index (χ2n) is 8.39. The molecule has 0 radical (unpaired) electrons. The minimum Gasteiger partial charge on any atom is -0.377 e. The number of fused-ring (bicyclic) bond motifs is 2. The van der Waals surface area contributed by atoms with Crippen molar-refractivity contribution in [2.75, 3.05) is 38.0 Å². The number of anilines is 2. The maximum Gasteiger partial charge on any atom is 0.215 e. The molecule has 0 aliphatic carbocycles. The number of rotatable bonds is 3. The van der Waals surface area contributed by atoms with Crippen LogP contribution < -0.4 is 14.4 Å². The van der Waals surface area contributed by atoms with Crippen molar-refractivity contribution in [2.45, 2.75) is 13.8 Å². The molecule has 3 aromatic carbocycles. The van der Waals surface area contributed by atoms with Gasteiger partial charge in [0.1, 0.15) is 7.05 Å². The van der Waals surface area contributed by atoms with Crippen LogP contribution in [-0.4, -0.2) is 28.2 Å². The lowest BCUT2D eigenvalue weighted by molar-refractivity contribution is -0.617. The molecule has 3 nitrogen and oxygen atoms in total. The van der Waals surface area contributed by atoms with E-state index < -0.39 is 0 Å². The Morgan fingerprint density at radius 2 is 1.07 bits per heavy atom. The fourth-order valence-corrected chi connectivity index (χ4v) is 4.33. The first-order valence-electron chi connectivity index (χ1n) is 10.1. The van der Waals surface area contributed by atoms with E-state index in [1.165, 1.54) is 55.4 Å². The topological polar surface area (TPSA) is 10.4 Å². The summed E-state index contributed by atoms with van der Waals surface area (Å²) in [5.74, 6) is 0. The molecule has 0 amide bonds. The van der Waals surface area contributed by atoms with Gasteiger partial charge in [-0.05, 0) is 54.8 Å². The van der Waals surface area contributed by atoms with Crippen molar-refractivity contribution >= 4 is 33.2 Å². The summed E-state index contributed by atoms with van der Waals surface area (Å²) in [6.07, 6.45) is 0. The fraction of sp³-hybridized carbons (Fsp3) is 0.269. The minimum atomic E-state index is 1.21. The Balaban J connectivity index is 2.23. The van der Waals surface area contributed by atoms with Gasteiger partial charge in [-0.1, -0.05) is 18.2 Å². The predicted molar refractivity (Wildman–Crippen MR) is 126 cm³/mol. The summed E-state index contributed by atoms with van der Waals surface area (Å²) in [5, 5.41) is 2.58. The van der Waals surface area contributed by atoms with Crippen LogP contribution in [0.2, 0.25) is 0 Å². The van der Waals surface area contributed by atoms with Gasteiger partial charge in [0.2, 0.25) is 11.0 Å². The third kappa shape index (κ3) is 3.11. The molecule has 0 spiro atoms. The highest BCUT2D eigenvalue weighted by Gasteiger charge is 2.22. The van der Waals surface area contributed by atoms with Gasteiger partial charge in [-0.3, -0.25) is 0 Å². The summed E-state index contributed by atoms with van der Waals surface area (Å²) in [4.78, 5) is 4.33. The third-order valence-electron chi connectivity index (χ3n) is 5.99. The summed E-state index contributed by atoms with van der Waals surface area (Å²) in [7, 11) is 10.6. The van der Waals surface area contributed by atoms with Crippen molar-refractivity contribution in [3.8, 4) is 11.1 Å². The number of aromatic nitrogens is 1. The predicted octanol–water partition coefficient (Wildman–Crippen LogP) is 5.23. The Morgan fingerprint density at radius 3 is 1.48 bits per heavy atom. The molecule has 4 rings (SSSR count). The van der Waals surface area contributed by atoms with Gasteiger partial charge >= 0.3 is 0 Å². The number of benzene rings is 3. The molecule has 29 heavy (non-hydrogen) atoms. The van der Waals surface area contributed by atoms with E-state index in [9.17, 15) is 0 Å². The first kappa shape index (κ1) is 19.3. The van der Waals surface area contributed by atoms with Crippen LogP contribution in [0.5, 0.6) is 0 Å². The van der Waals surface area contributed by atoms with Gasteiger partial charge in [0.05, 0.1) is 10.8 Å². The summed E-state index contributed by atoms with van der Waals surface area (Å²) in [5.41, 5.74) is 10.2. The minimum absolute atomic E-state index is 1.21. The van der Waals surface area contributed by atoms with Gasteiger partial charge in [-0.25, -0.2) is 0 Å². The highest BCUT2D eigenvalue weighted by atomic mass is 15.1. The number of aryl methyl sites for hydroxylation is 3. The molecule has 3 heteroatoms. The van der Waals surface area contributed by atoms with Crippen LogP contribution in [0.3, 0.4) is 0 Å². The molecule has 0 bridgehead atoms. The van der Waals surface area contributed by atoms with Gasteiger partial charge in [-0.2, -0.15) is 4.57 Å². The molecule has 0 atom stereocenters. The van der Waals surface area contributed by atoms with Crippen LogP contribution in [0.15, 0.2) is 54.6 Å². The fourth-order valence-electron chi connectivity index (χ4n) is 4.33. The smallest absolute Gasteiger partial charge is 0.215 e. The zero-order chi connectivity index (χ0) is 20.9.